The minimum Gasteiger partial charge on any atom is -0.478 e. The summed E-state index contributed by atoms with van der Waals surface area (Å²) in [6.07, 6.45) is 2.45. The van der Waals surface area contributed by atoms with E-state index >= 15 is 0 Å². The Hall–Kier alpha value is -2.25. The summed E-state index contributed by atoms with van der Waals surface area (Å²) >= 11 is 0. The molecule has 0 atom stereocenters. The Labute approximate surface area is 71.9 Å². The quantitative estimate of drug-likeness (QED) is 0.500. The number of nitrogens with one attached hydrogen (secondary N) is 1. The normalized spacial score (nSPS) is 8.92. The summed E-state index contributed by atoms with van der Waals surface area (Å²) in [7, 11) is 0. The number of hydrogen-bond donors (Lipinski definition) is 3. The summed E-state index contributed by atoms with van der Waals surface area (Å²) in [5.74, 6) is -2.51. The van der Waals surface area contributed by atoms with Crippen molar-refractivity contribution in [2.45, 2.75) is 0 Å². The van der Waals surface area contributed by atoms with Crippen molar-refractivity contribution in [2.24, 2.45) is 0 Å². The van der Waals surface area contributed by atoms with Crippen LogP contribution in [0.5, 0.6) is 0 Å². The van der Waals surface area contributed by atoms with Crippen LogP contribution >= 0.6 is 0 Å². The van der Waals surface area contributed by atoms with Gasteiger partial charge in [0.2, 0.25) is 0 Å². The van der Waals surface area contributed by atoms with Gasteiger partial charge in [-0.25, -0.2) is 9.59 Å². The van der Waals surface area contributed by atoms with Gasteiger partial charge in [0.15, 0.2) is 6.33 Å². The van der Waals surface area contributed by atoms with E-state index in [1.807, 2.05) is 0 Å². The molecule has 0 unspecified atom stereocenters. The zero-order valence-corrected chi connectivity index (χ0v) is 6.28. The summed E-state index contributed by atoms with van der Waals surface area (Å²) in [6.45, 7) is 0. The second-order valence-corrected chi connectivity index (χ2v) is 1.57. The first-order chi connectivity index (χ1) is 6.13. The van der Waals surface area contributed by atoms with Crippen molar-refractivity contribution < 1.29 is 19.8 Å². The standard InChI is InChI=1S/C4H4O4.CH2N4/c5-3(6)1-2-4(7)8;1-2-4-5-3-1/h1-2H,(H,5,6)(H,7,8);1H,(H,2,3,4,5)/b2-1-;. The molecular formula is C5H6N4O4. The van der Waals surface area contributed by atoms with Gasteiger partial charge in [-0.2, -0.15) is 5.21 Å². The van der Waals surface area contributed by atoms with Crippen LogP contribution in [0, 0.1) is 0 Å². The third-order valence-electron chi connectivity index (χ3n) is 0.638. The molecule has 8 heteroatoms. The van der Waals surface area contributed by atoms with Gasteiger partial charge in [0.1, 0.15) is 0 Å². The summed E-state index contributed by atoms with van der Waals surface area (Å²) in [4.78, 5) is 19.1. The van der Waals surface area contributed by atoms with Crippen LogP contribution in [0.1, 0.15) is 0 Å². The van der Waals surface area contributed by atoms with Gasteiger partial charge in [0, 0.05) is 12.2 Å². The zero-order valence-electron chi connectivity index (χ0n) is 6.28. The fourth-order valence-corrected chi connectivity index (χ4v) is 0.272. The Morgan fingerprint density at radius 3 is 1.92 bits per heavy atom. The maximum atomic E-state index is 9.55. The minimum absolute atomic E-state index is 0.558. The SMILES string of the molecule is O=C(O)/C=C\C(=O)O.c1nn[nH]n1. The fourth-order valence-electron chi connectivity index (χ4n) is 0.272. The van der Waals surface area contributed by atoms with E-state index in [1.165, 1.54) is 6.33 Å². The van der Waals surface area contributed by atoms with Gasteiger partial charge >= 0.3 is 11.9 Å². The molecule has 0 aromatic carbocycles. The maximum Gasteiger partial charge on any atom is 0.328 e. The number of carboxylic acid groups (broad SMARTS) is 2. The first-order valence-corrected chi connectivity index (χ1v) is 2.93. The molecule has 13 heavy (non-hydrogen) atoms. The Kier molecular flexibility index (Phi) is 5.34. The number of aliphatic carboxylic acids is 2. The molecule has 0 spiro atoms. The third-order valence-corrected chi connectivity index (χ3v) is 0.638. The van der Waals surface area contributed by atoms with Crippen molar-refractivity contribution in [3.05, 3.63) is 18.5 Å². The largest absolute Gasteiger partial charge is 0.478 e. The highest BCUT2D eigenvalue weighted by Crippen LogP contribution is 1.70. The van der Waals surface area contributed by atoms with Crippen molar-refractivity contribution in [1.82, 2.24) is 20.6 Å². The predicted molar refractivity (Wildman–Crippen MR) is 38.6 cm³/mol. The lowest BCUT2D eigenvalue weighted by atomic mass is 10.5. The van der Waals surface area contributed by atoms with Crippen LogP contribution in [-0.4, -0.2) is 42.8 Å². The van der Waals surface area contributed by atoms with E-state index in [9.17, 15) is 9.59 Å². The molecule has 0 aliphatic rings. The number of aromatic nitrogens is 4. The van der Waals surface area contributed by atoms with Crippen LogP contribution < -0.4 is 0 Å². The van der Waals surface area contributed by atoms with Crippen LogP contribution in [0.15, 0.2) is 18.5 Å². The Bertz CT molecular complexity index is 248. The molecule has 0 radical (unpaired) electrons. The number of H-pyrrole nitrogens is 1. The van der Waals surface area contributed by atoms with Crippen molar-refractivity contribution in [3.8, 4) is 0 Å². The molecule has 0 aliphatic heterocycles. The number of aromatic amines is 1. The molecule has 1 aromatic rings. The van der Waals surface area contributed by atoms with Gasteiger partial charge in [0.25, 0.3) is 0 Å². The Morgan fingerprint density at radius 2 is 1.77 bits per heavy atom. The zero-order chi connectivity index (χ0) is 10.1. The lowest BCUT2D eigenvalue weighted by Crippen LogP contribution is -1.91. The second kappa shape index (κ2) is 6.46. The number of rotatable bonds is 2. The van der Waals surface area contributed by atoms with Crippen LogP contribution in [0.25, 0.3) is 0 Å². The maximum absolute atomic E-state index is 9.55. The summed E-state index contributed by atoms with van der Waals surface area (Å²) < 4.78 is 0. The molecule has 1 rings (SSSR count). The molecular weight excluding hydrogens is 180 g/mol. The molecule has 8 nitrogen and oxygen atoms in total. The molecule has 70 valence electrons. The molecule has 0 bridgehead atoms. The lowest BCUT2D eigenvalue weighted by Gasteiger charge is -1.74. The second-order valence-electron chi connectivity index (χ2n) is 1.57. The van der Waals surface area contributed by atoms with Gasteiger partial charge in [-0.15, -0.1) is 10.2 Å². The molecule has 0 fully saturated rings. The van der Waals surface area contributed by atoms with E-state index in [2.05, 4.69) is 20.6 Å². The number of tetrazole rings is 1. The van der Waals surface area contributed by atoms with E-state index in [4.69, 9.17) is 10.2 Å². The van der Waals surface area contributed by atoms with Gasteiger partial charge < -0.3 is 10.2 Å². The van der Waals surface area contributed by atoms with Crippen LogP contribution in [0.2, 0.25) is 0 Å². The predicted octanol–water partition coefficient (Wildman–Crippen LogP) is -1.09. The van der Waals surface area contributed by atoms with E-state index in [-0.39, 0.29) is 0 Å². The van der Waals surface area contributed by atoms with E-state index < -0.39 is 11.9 Å². The summed E-state index contributed by atoms with van der Waals surface area (Å²) in [6, 6.07) is 0. The molecule has 1 heterocycles. The van der Waals surface area contributed by atoms with Crippen molar-refractivity contribution in [3.63, 3.8) is 0 Å². The number of carboxylic acids is 2. The monoisotopic (exact) mass is 186 g/mol. The van der Waals surface area contributed by atoms with Crippen LogP contribution in [-0.2, 0) is 9.59 Å². The molecule has 1 aromatic heterocycles. The first-order valence-electron chi connectivity index (χ1n) is 2.93. The Morgan fingerprint density at radius 1 is 1.23 bits per heavy atom. The minimum atomic E-state index is -1.26. The van der Waals surface area contributed by atoms with E-state index in [1.54, 1.807) is 0 Å². The van der Waals surface area contributed by atoms with Crippen LogP contribution in [0.3, 0.4) is 0 Å². The number of hydrogen-bond acceptors (Lipinski definition) is 5. The summed E-state index contributed by atoms with van der Waals surface area (Å²) in [5.41, 5.74) is 0. The molecule has 0 amide bonds. The first kappa shape index (κ1) is 10.8. The highest BCUT2D eigenvalue weighted by Gasteiger charge is 1.88. The van der Waals surface area contributed by atoms with Gasteiger partial charge in [0.05, 0.1) is 0 Å². The number of carbonyl (C=O) groups is 2. The summed E-state index contributed by atoms with van der Waals surface area (Å²) in [5, 5.41) is 27.8. The van der Waals surface area contributed by atoms with E-state index in [0.29, 0.717) is 12.2 Å². The third kappa shape index (κ3) is 9.75. The van der Waals surface area contributed by atoms with Gasteiger partial charge in [-0.3, -0.25) is 0 Å². The van der Waals surface area contributed by atoms with Crippen molar-refractivity contribution >= 4 is 11.9 Å². The highest BCUT2D eigenvalue weighted by atomic mass is 16.4. The van der Waals surface area contributed by atoms with Crippen molar-refractivity contribution in [2.75, 3.05) is 0 Å². The van der Waals surface area contributed by atoms with Gasteiger partial charge in [-0.1, -0.05) is 5.21 Å². The average molecular weight is 186 g/mol. The molecule has 0 saturated carbocycles. The van der Waals surface area contributed by atoms with Crippen LogP contribution in [0.4, 0.5) is 0 Å². The lowest BCUT2D eigenvalue weighted by molar-refractivity contribution is -0.134. The number of nitrogens with zero attached hydrogens (tertiary/aromatic N) is 3. The smallest absolute Gasteiger partial charge is 0.328 e. The topological polar surface area (TPSA) is 129 Å². The highest BCUT2D eigenvalue weighted by molar-refractivity contribution is 5.89. The molecule has 0 saturated heterocycles. The molecule has 3 N–H and O–H groups in total. The molecule has 0 aliphatic carbocycles. The van der Waals surface area contributed by atoms with Gasteiger partial charge in [-0.05, 0) is 0 Å². The average Bonchev–Trinajstić information content (AvgIpc) is 2.57. The van der Waals surface area contributed by atoms with E-state index in [0.717, 1.165) is 0 Å². The van der Waals surface area contributed by atoms with Crippen molar-refractivity contribution in [1.29, 1.82) is 0 Å². The fraction of sp³-hybridized carbons (Fsp3) is 0. The Balaban J connectivity index is 0.000000243.